The Bertz CT molecular complexity index is 1620. The van der Waals surface area contributed by atoms with Crippen LogP contribution in [0.4, 0.5) is 0 Å². The molecule has 0 aromatic heterocycles. The molecular formula is C35H29BrO. The second kappa shape index (κ2) is 8.83. The molecule has 1 atom stereocenters. The van der Waals surface area contributed by atoms with Gasteiger partial charge in [0.15, 0.2) is 0 Å². The topological polar surface area (TPSA) is 20.2 Å². The van der Waals surface area contributed by atoms with E-state index in [1.807, 2.05) is 18.2 Å². The van der Waals surface area contributed by atoms with Crippen molar-refractivity contribution in [2.45, 2.75) is 31.8 Å². The molecule has 0 saturated heterocycles. The van der Waals surface area contributed by atoms with E-state index < -0.39 is 5.60 Å². The number of rotatable bonds is 2. The Balaban J connectivity index is 1.68. The quantitative estimate of drug-likeness (QED) is 0.234. The highest BCUT2D eigenvalue weighted by Gasteiger charge is 2.42. The average molecular weight is 546 g/mol. The lowest BCUT2D eigenvalue weighted by atomic mass is 9.75. The van der Waals surface area contributed by atoms with Gasteiger partial charge in [-0.15, -0.1) is 0 Å². The van der Waals surface area contributed by atoms with Crippen LogP contribution in [0, 0.1) is 0 Å². The van der Waals surface area contributed by atoms with Gasteiger partial charge in [-0.1, -0.05) is 140 Å². The Morgan fingerprint density at radius 2 is 1.03 bits per heavy atom. The molecule has 1 aliphatic rings. The summed E-state index contributed by atoms with van der Waals surface area (Å²) in [5, 5.41) is 13.1. The molecule has 2 heteroatoms. The minimum Gasteiger partial charge on any atom is -0.376 e. The zero-order valence-electron chi connectivity index (χ0n) is 21.3. The van der Waals surface area contributed by atoms with E-state index in [0.29, 0.717) is 0 Å². The molecule has 1 nitrogen and oxygen atoms in total. The average Bonchev–Trinajstić information content (AvgIpc) is 3.00. The Morgan fingerprint density at radius 3 is 1.65 bits per heavy atom. The normalized spacial score (nSPS) is 16.4. The summed E-state index contributed by atoms with van der Waals surface area (Å²) in [4.78, 5) is 0. The highest BCUT2D eigenvalue weighted by Crippen LogP contribution is 2.52. The first-order valence-corrected chi connectivity index (χ1v) is 13.5. The van der Waals surface area contributed by atoms with E-state index in [2.05, 4.69) is 134 Å². The van der Waals surface area contributed by atoms with Crippen LogP contribution in [0.5, 0.6) is 0 Å². The maximum Gasteiger partial charge on any atom is 0.142 e. The molecule has 0 aliphatic heterocycles. The fourth-order valence-electron chi connectivity index (χ4n) is 5.68. The molecule has 0 spiro atoms. The van der Waals surface area contributed by atoms with Crippen LogP contribution in [-0.4, -0.2) is 5.11 Å². The summed E-state index contributed by atoms with van der Waals surface area (Å²) < 4.78 is 0.986. The van der Waals surface area contributed by atoms with Crippen LogP contribution in [0.15, 0.2) is 120 Å². The van der Waals surface area contributed by atoms with E-state index in [1.165, 1.54) is 5.56 Å². The van der Waals surface area contributed by atoms with E-state index in [9.17, 15) is 5.11 Å². The largest absolute Gasteiger partial charge is 0.376 e. The maximum absolute atomic E-state index is 13.1. The van der Waals surface area contributed by atoms with Crippen molar-refractivity contribution >= 4 is 15.9 Å². The second-order valence-corrected chi connectivity index (χ2v) is 11.8. The lowest BCUT2D eigenvalue weighted by Gasteiger charge is -2.33. The summed E-state index contributed by atoms with van der Waals surface area (Å²) >= 11 is 3.69. The Hall–Kier alpha value is -3.46. The SMILES string of the molecule is CC(C)(C)c1ccc(-c2ccccc2C2(O)c3ccccc3-c3ccccc3-c3cc(Br)ccc32)cc1. The first-order chi connectivity index (χ1) is 17.8. The smallest absolute Gasteiger partial charge is 0.142 e. The van der Waals surface area contributed by atoms with E-state index in [1.54, 1.807) is 0 Å². The first kappa shape index (κ1) is 23.9. The molecule has 0 bridgehead atoms. The molecule has 0 saturated carbocycles. The molecule has 182 valence electrons. The van der Waals surface area contributed by atoms with Gasteiger partial charge in [0.1, 0.15) is 5.60 Å². The number of aliphatic hydroxyl groups is 1. The van der Waals surface area contributed by atoms with E-state index in [4.69, 9.17) is 0 Å². The van der Waals surface area contributed by atoms with E-state index >= 15 is 0 Å². The molecule has 0 amide bonds. The van der Waals surface area contributed by atoms with Crippen molar-refractivity contribution in [2.75, 3.05) is 0 Å². The van der Waals surface area contributed by atoms with Crippen LogP contribution in [0.2, 0.25) is 0 Å². The standard InChI is InChI=1S/C35H29BrO/c1-34(2,3)24-18-16-23(17-19-24)26-10-6-8-14-31(26)35(37)32-15-9-7-13-29(32)27-11-4-5-12-28(27)30-22-25(36)20-21-33(30)35/h4-22,37H,1-3H3. The van der Waals surface area contributed by atoms with Crippen molar-refractivity contribution in [3.8, 4) is 33.4 Å². The third-order valence-electron chi connectivity index (χ3n) is 7.57. The third kappa shape index (κ3) is 3.87. The second-order valence-electron chi connectivity index (χ2n) is 10.9. The summed E-state index contributed by atoms with van der Waals surface area (Å²) in [6, 6.07) is 40.0. The minimum atomic E-state index is -1.36. The zero-order chi connectivity index (χ0) is 25.8. The van der Waals surface area contributed by atoms with Crippen molar-refractivity contribution < 1.29 is 5.11 Å². The van der Waals surface area contributed by atoms with Crippen LogP contribution >= 0.6 is 15.9 Å². The van der Waals surface area contributed by atoms with Crippen molar-refractivity contribution in [2.24, 2.45) is 0 Å². The monoisotopic (exact) mass is 544 g/mol. The first-order valence-electron chi connectivity index (χ1n) is 12.7. The lowest BCUT2D eigenvalue weighted by Crippen LogP contribution is -2.30. The van der Waals surface area contributed by atoms with Crippen LogP contribution < -0.4 is 0 Å². The van der Waals surface area contributed by atoms with Crippen LogP contribution in [0.1, 0.15) is 43.0 Å². The summed E-state index contributed by atoms with van der Waals surface area (Å²) in [7, 11) is 0. The molecule has 0 radical (unpaired) electrons. The molecule has 1 unspecified atom stereocenters. The van der Waals surface area contributed by atoms with Crippen LogP contribution in [0.25, 0.3) is 33.4 Å². The molecular weight excluding hydrogens is 516 g/mol. The Morgan fingerprint density at radius 1 is 0.541 bits per heavy atom. The Labute approximate surface area is 227 Å². The van der Waals surface area contributed by atoms with Gasteiger partial charge in [0.05, 0.1) is 0 Å². The van der Waals surface area contributed by atoms with Gasteiger partial charge in [0.2, 0.25) is 0 Å². The predicted octanol–water partition coefficient (Wildman–Crippen LogP) is 9.35. The van der Waals surface area contributed by atoms with E-state index in [-0.39, 0.29) is 5.41 Å². The highest BCUT2D eigenvalue weighted by molar-refractivity contribution is 9.10. The van der Waals surface area contributed by atoms with Gasteiger partial charge in [0, 0.05) is 21.2 Å². The number of benzene rings is 5. The number of halogens is 1. The molecule has 37 heavy (non-hydrogen) atoms. The van der Waals surface area contributed by atoms with E-state index in [0.717, 1.165) is 54.5 Å². The summed E-state index contributed by atoms with van der Waals surface area (Å²) in [6.07, 6.45) is 0. The number of fused-ring (bicyclic) bond motifs is 5. The van der Waals surface area contributed by atoms with Crippen molar-refractivity contribution in [3.05, 3.63) is 142 Å². The van der Waals surface area contributed by atoms with Crippen LogP contribution in [0.3, 0.4) is 0 Å². The van der Waals surface area contributed by atoms with Crippen LogP contribution in [-0.2, 0) is 11.0 Å². The molecule has 5 aromatic carbocycles. The van der Waals surface area contributed by atoms with Gasteiger partial charge in [-0.25, -0.2) is 0 Å². The predicted molar refractivity (Wildman–Crippen MR) is 158 cm³/mol. The molecule has 1 aliphatic carbocycles. The van der Waals surface area contributed by atoms with Gasteiger partial charge >= 0.3 is 0 Å². The van der Waals surface area contributed by atoms with Gasteiger partial charge < -0.3 is 5.11 Å². The maximum atomic E-state index is 13.1. The van der Waals surface area contributed by atoms with Gasteiger partial charge in [0.25, 0.3) is 0 Å². The summed E-state index contributed by atoms with van der Waals surface area (Å²) in [5.41, 5.74) is 9.10. The molecule has 5 aromatic rings. The third-order valence-corrected chi connectivity index (χ3v) is 8.07. The van der Waals surface area contributed by atoms with Crippen molar-refractivity contribution in [1.29, 1.82) is 0 Å². The van der Waals surface area contributed by atoms with Gasteiger partial charge in [-0.2, -0.15) is 0 Å². The number of hydrogen-bond donors (Lipinski definition) is 1. The zero-order valence-corrected chi connectivity index (χ0v) is 22.9. The molecule has 6 rings (SSSR count). The number of hydrogen-bond acceptors (Lipinski definition) is 1. The fourth-order valence-corrected chi connectivity index (χ4v) is 6.04. The van der Waals surface area contributed by atoms with Crippen molar-refractivity contribution in [1.82, 2.24) is 0 Å². The molecule has 0 heterocycles. The minimum absolute atomic E-state index is 0.0780. The highest BCUT2D eigenvalue weighted by atomic mass is 79.9. The van der Waals surface area contributed by atoms with Gasteiger partial charge in [-0.05, 0) is 56.5 Å². The van der Waals surface area contributed by atoms with Gasteiger partial charge in [-0.3, -0.25) is 0 Å². The summed E-state index contributed by atoms with van der Waals surface area (Å²) in [5.74, 6) is 0. The summed E-state index contributed by atoms with van der Waals surface area (Å²) in [6.45, 7) is 6.69. The Kier molecular flexibility index (Phi) is 5.71. The van der Waals surface area contributed by atoms with Crippen molar-refractivity contribution in [3.63, 3.8) is 0 Å². The lowest BCUT2D eigenvalue weighted by molar-refractivity contribution is 0.128. The molecule has 0 fully saturated rings. The molecule has 1 N–H and O–H groups in total. The fraction of sp³-hybridized carbons (Fsp3) is 0.143.